The second kappa shape index (κ2) is 10.3. The molecule has 7 nitrogen and oxygen atoms in total. The van der Waals surface area contributed by atoms with E-state index in [9.17, 15) is 10.1 Å². The van der Waals surface area contributed by atoms with Crippen molar-refractivity contribution in [3.05, 3.63) is 94.4 Å². The number of rotatable bonds is 7. The van der Waals surface area contributed by atoms with Crippen molar-refractivity contribution in [3.63, 3.8) is 0 Å². The van der Waals surface area contributed by atoms with Crippen molar-refractivity contribution in [2.75, 3.05) is 19.7 Å². The molecule has 2 atom stereocenters. The molecule has 5 rings (SSSR count). The van der Waals surface area contributed by atoms with E-state index in [4.69, 9.17) is 13.9 Å². The van der Waals surface area contributed by atoms with Crippen molar-refractivity contribution < 1.29 is 23.6 Å². The van der Waals surface area contributed by atoms with Gasteiger partial charge in [0.05, 0.1) is 25.0 Å². The molecule has 3 aromatic rings. The van der Waals surface area contributed by atoms with Gasteiger partial charge < -0.3 is 18.8 Å². The first kappa shape index (κ1) is 23.1. The maximum Gasteiger partial charge on any atom is 0.232 e. The second-order valence-corrected chi connectivity index (χ2v) is 9.51. The molecular formula is C27H26N3O4S+. The Morgan fingerprint density at radius 3 is 2.77 bits per heavy atom. The van der Waals surface area contributed by atoms with E-state index in [0.29, 0.717) is 36.9 Å². The Bertz CT molecular complexity index is 1270. The van der Waals surface area contributed by atoms with Gasteiger partial charge in [0.2, 0.25) is 5.91 Å². The predicted molar refractivity (Wildman–Crippen MR) is 131 cm³/mol. The number of amides is 1. The molecule has 0 radical (unpaired) electrons. The molecule has 0 aliphatic carbocycles. The van der Waals surface area contributed by atoms with Gasteiger partial charge in [-0.15, -0.1) is 0 Å². The fourth-order valence-electron chi connectivity index (χ4n) is 4.48. The molecule has 2 aliphatic rings. The molecule has 0 spiro atoms. The zero-order valence-corrected chi connectivity index (χ0v) is 20.2. The number of nitrogens with one attached hydrogen (secondary N) is 1. The summed E-state index contributed by atoms with van der Waals surface area (Å²) in [6.45, 7) is 1.65. The number of carbonyl (C=O) groups is 1. The number of nitriles is 1. The van der Waals surface area contributed by atoms with Gasteiger partial charge in [0.1, 0.15) is 24.1 Å². The number of benzene rings is 2. The van der Waals surface area contributed by atoms with Crippen molar-refractivity contribution in [2.45, 2.75) is 25.5 Å². The minimum absolute atomic E-state index is 0.0246. The normalized spacial score (nSPS) is 19.8. The van der Waals surface area contributed by atoms with Gasteiger partial charge in [0, 0.05) is 12.3 Å². The van der Waals surface area contributed by atoms with Gasteiger partial charge in [-0.3, -0.25) is 9.69 Å². The summed E-state index contributed by atoms with van der Waals surface area (Å²) in [6, 6.07) is 21.8. The molecule has 1 unspecified atom stereocenters. The van der Waals surface area contributed by atoms with E-state index in [1.807, 2.05) is 60.7 Å². The van der Waals surface area contributed by atoms with Gasteiger partial charge in [-0.1, -0.05) is 36.4 Å². The van der Waals surface area contributed by atoms with Gasteiger partial charge in [-0.05, 0) is 47.2 Å². The third-order valence-electron chi connectivity index (χ3n) is 6.25. The smallest absolute Gasteiger partial charge is 0.232 e. The van der Waals surface area contributed by atoms with Crippen LogP contribution in [0.3, 0.4) is 0 Å². The highest BCUT2D eigenvalue weighted by atomic mass is 32.2. The Morgan fingerprint density at radius 1 is 1.17 bits per heavy atom. The minimum atomic E-state index is -0.310. The molecule has 178 valence electrons. The number of hydrogen-bond donors (Lipinski definition) is 1. The standard InChI is InChI=1S/C27H25N3O4S/c1-32-25-12-20(9-10-24(25)34-16-19-6-3-2-4-7-19)22-13-26(31)30-17-29(15-21-8-5-11-33-21)18-35-27(30)23(22)14-28/h2-12,22H,13,15-18H2,1H3/p+1/t22-/m0/s1. The molecule has 1 N–H and O–H groups in total. The number of fused-ring (bicyclic) bond motifs is 1. The number of furan rings is 1. The lowest BCUT2D eigenvalue weighted by Gasteiger charge is -2.38. The van der Waals surface area contributed by atoms with E-state index in [-0.39, 0.29) is 18.2 Å². The molecule has 1 aromatic heterocycles. The first-order valence-corrected chi connectivity index (χ1v) is 12.4. The molecule has 1 fully saturated rings. The third kappa shape index (κ3) is 4.92. The average Bonchev–Trinajstić information content (AvgIpc) is 3.41. The van der Waals surface area contributed by atoms with E-state index < -0.39 is 0 Å². The maximum absolute atomic E-state index is 13.2. The van der Waals surface area contributed by atoms with E-state index in [1.54, 1.807) is 30.0 Å². The molecule has 1 amide bonds. The Balaban J connectivity index is 1.36. The first-order valence-electron chi connectivity index (χ1n) is 11.4. The van der Waals surface area contributed by atoms with Crippen LogP contribution >= 0.6 is 11.8 Å². The van der Waals surface area contributed by atoms with Gasteiger partial charge >= 0.3 is 0 Å². The molecule has 2 aliphatic heterocycles. The lowest BCUT2D eigenvalue weighted by atomic mass is 9.86. The van der Waals surface area contributed by atoms with Crippen molar-refractivity contribution in [1.82, 2.24) is 4.90 Å². The molecular weight excluding hydrogens is 462 g/mol. The summed E-state index contributed by atoms with van der Waals surface area (Å²) < 4.78 is 17.0. The topological polar surface area (TPSA) is 80.1 Å². The molecule has 35 heavy (non-hydrogen) atoms. The quantitative estimate of drug-likeness (QED) is 0.547. The Morgan fingerprint density at radius 2 is 2.03 bits per heavy atom. The fraction of sp³-hybridized carbons (Fsp3) is 0.259. The Labute approximate surface area is 208 Å². The molecule has 3 heterocycles. The van der Waals surface area contributed by atoms with E-state index >= 15 is 0 Å². The SMILES string of the molecule is COc1cc([C@@H]2CC(=O)N3C[NH+](Cc4ccco4)CSC3=C2C#N)ccc1OCc1ccccc1. The summed E-state index contributed by atoms with van der Waals surface area (Å²) in [4.78, 5) is 16.1. The third-order valence-corrected chi connectivity index (χ3v) is 7.52. The number of thioether (sulfide) groups is 1. The summed E-state index contributed by atoms with van der Waals surface area (Å²) in [7, 11) is 1.60. The number of ether oxygens (including phenoxy) is 2. The van der Waals surface area contributed by atoms with Crippen molar-refractivity contribution in [3.8, 4) is 17.6 Å². The highest BCUT2D eigenvalue weighted by molar-refractivity contribution is 8.02. The van der Waals surface area contributed by atoms with Gasteiger partial charge in [0.15, 0.2) is 23.9 Å². The summed E-state index contributed by atoms with van der Waals surface area (Å²) >= 11 is 1.56. The minimum Gasteiger partial charge on any atom is -0.493 e. The lowest BCUT2D eigenvalue weighted by Crippen LogP contribution is -3.12. The Hall–Kier alpha value is -3.67. The lowest BCUT2D eigenvalue weighted by molar-refractivity contribution is -0.911. The number of quaternary nitrogens is 1. The molecule has 8 heteroatoms. The summed E-state index contributed by atoms with van der Waals surface area (Å²) in [5, 5.41) is 10.8. The highest BCUT2D eigenvalue weighted by Crippen LogP contribution is 2.42. The van der Waals surface area contributed by atoms with Crippen molar-refractivity contribution >= 4 is 17.7 Å². The van der Waals surface area contributed by atoms with Gasteiger partial charge in [0.25, 0.3) is 0 Å². The average molecular weight is 489 g/mol. The van der Waals surface area contributed by atoms with E-state index in [0.717, 1.165) is 27.8 Å². The van der Waals surface area contributed by atoms with Crippen LogP contribution < -0.4 is 14.4 Å². The fourth-order valence-corrected chi connectivity index (χ4v) is 5.68. The number of hydrogen-bond acceptors (Lipinski definition) is 6. The van der Waals surface area contributed by atoms with Crippen LogP contribution in [0.2, 0.25) is 0 Å². The molecule has 0 saturated carbocycles. The van der Waals surface area contributed by atoms with E-state index in [2.05, 4.69) is 6.07 Å². The monoisotopic (exact) mass is 488 g/mol. The zero-order valence-electron chi connectivity index (χ0n) is 19.4. The number of allylic oxidation sites excluding steroid dienone is 1. The summed E-state index contributed by atoms with van der Waals surface area (Å²) in [6.07, 6.45) is 1.91. The van der Waals surface area contributed by atoms with Crippen LogP contribution in [0.25, 0.3) is 0 Å². The van der Waals surface area contributed by atoms with Gasteiger partial charge in [-0.2, -0.15) is 5.26 Å². The predicted octanol–water partition coefficient (Wildman–Crippen LogP) is 3.67. The van der Waals surface area contributed by atoms with Crippen LogP contribution in [0.15, 0.2) is 81.9 Å². The molecule has 1 saturated heterocycles. The number of methoxy groups -OCH3 is 1. The second-order valence-electron chi connectivity index (χ2n) is 8.55. The van der Waals surface area contributed by atoms with Gasteiger partial charge in [-0.25, -0.2) is 0 Å². The highest BCUT2D eigenvalue weighted by Gasteiger charge is 2.40. The number of nitrogens with zero attached hydrogens (tertiary/aromatic N) is 2. The first-order chi connectivity index (χ1) is 17.2. The van der Waals surface area contributed by atoms with Crippen LogP contribution in [0, 0.1) is 11.3 Å². The van der Waals surface area contributed by atoms with Crippen molar-refractivity contribution in [1.29, 1.82) is 5.26 Å². The van der Waals surface area contributed by atoms with Crippen LogP contribution in [0.4, 0.5) is 0 Å². The van der Waals surface area contributed by atoms with Crippen LogP contribution in [0.5, 0.6) is 11.5 Å². The summed E-state index contributed by atoms with van der Waals surface area (Å²) in [5.74, 6) is 2.57. The Kier molecular flexibility index (Phi) is 6.80. The van der Waals surface area contributed by atoms with Crippen molar-refractivity contribution in [2.24, 2.45) is 0 Å². The van der Waals surface area contributed by atoms with Crippen LogP contribution in [-0.2, 0) is 17.9 Å². The zero-order chi connectivity index (χ0) is 24.2. The largest absolute Gasteiger partial charge is 0.493 e. The number of carbonyl (C=O) groups excluding carboxylic acids is 1. The van der Waals surface area contributed by atoms with E-state index in [1.165, 1.54) is 4.90 Å². The molecule has 0 bridgehead atoms. The maximum atomic E-state index is 13.2. The van der Waals surface area contributed by atoms with Crippen LogP contribution in [0.1, 0.15) is 29.2 Å². The summed E-state index contributed by atoms with van der Waals surface area (Å²) in [5.41, 5.74) is 2.56. The van der Waals surface area contributed by atoms with Crippen LogP contribution in [-0.4, -0.2) is 30.5 Å². The molecule has 2 aromatic carbocycles.